The van der Waals surface area contributed by atoms with Crippen LogP contribution in [0.15, 0.2) is 0 Å². The fraction of sp³-hybridized carbons (Fsp3) is 0.846. The molecule has 0 atom stereocenters. The van der Waals surface area contributed by atoms with E-state index in [0.29, 0.717) is 0 Å². The lowest BCUT2D eigenvalue weighted by molar-refractivity contribution is -0.146. The highest BCUT2D eigenvalue weighted by Crippen LogP contribution is 2.25. The van der Waals surface area contributed by atoms with Gasteiger partial charge in [0.1, 0.15) is 0 Å². The second-order valence-corrected chi connectivity index (χ2v) is 5.82. The molecule has 104 valence electrons. The van der Waals surface area contributed by atoms with Crippen molar-refractivity contribution in [2.24, 2.45) is 5.41 Å². The molecule has 1 N–H and O–H groups in total. The summed E-state index contributed by atoms with van der Waals surface area (Å²) in [5.41, 5.74) is 2.05. The smallest absolute Gasteiger partial charge is 0.425 e. The van der Waals surface area contributed by atoms with Crippen molar-refractivity contribution in [2.45, 2.75) is 58.9 Å². The Kier molecular flexibility index (Phi) is 4.99. The number of hydrogen-bond donors (Lipinski definition) is 1. The third-order valence-corrected chi connectivity index (χ3v) is 3.20. The minimum atomic E-state index is -0.585. The van der Waals surface area contributed by atoms with Crippen molar-refractivity contribution in [1.29, 1.82) is 0 Å². The first-order valence-electron chi connectivity index (χ1n) is 6.54. The van der Waals surface area contributed by atoms with E-state index in [2.05, 4.69) is 10.2 Å². The number of rotatable bonds is 1. The Balaban J connectivity index is 2.79. The quantitative estimate of drug-likeness (QED) is 0.733. The Hall–Kier alpha value is -1.26. The monoisotopic (exact) mass is 256 g/mol. The van der Waals surface area contributed by atoms with Crippen LogP contribution in [0.3, 0.4) is 0 Å². The van der Waals surface area contributed by atoms with Gasteiger partial charge in [0.05, 0.1) is 13.2 Å². The summed E-state index contributed by atoms with van der Waals surface area (Å²) in [4.78, 5) is 23.7. The fourth-order valence-corrected chi connectivity index (χ4v) is 2.15. The van der Waals surface area contributed by atoms with E-state index in [9.17, 15) is 9.59 Å². The summed E-state index contributed by atoms with van der Waals surface area (Å²) in [5, 5.41) is 1.48. The normalized spacial score (nSPS) is 17.1. The standard InChI is InChI=1S/C13H24N2O3/c1-13(2,3)11(16)15(14-12(17)18-4)10-8-6-5-7-9-10/h10H,5-9H2,1-4H3,(H,14,17). The lowest BCUT2D eigenvalue weighted by Gasteiger charge is -2.37. The molecule has 0 aromatic carbocycles. The molecular formula is C13H24N2O3. The van der Waals surface area contributed by atoms with Gasteiger partial charge in [-0.05, 0) is 12.8 Å². The lowest BCUT2D eigenvalue weighted by Crippen LogP contribution is -2.55. The van der Waals surface area contributed by atoms with Gasteiger partial charge in [0.25, 0.3) is 0 Å². The van der Waals surface area contributed by atoms with E-state index in [1.807, 2.05) is 20.8 Å². The maximum absolute atomic E-state index is 12.4. The van der Waals surface area contributed by atoms with E-state index >= 15 is 0 Å². The maximum atomic E-state index is 12.4. The van der Waals surface area contributed by atoms with Crippen molar-refractivity contribution >= 4 is 12.0 Å². The zero-order chi connectivity index (χ0) is 13.8. The van der Waals surface area contributed by atoms with E-state index in [-0.39, 0.29) is 11.9 Å². The average molecular weight is 256 g/mol. The van der Waals surface area contributed by atoms with E-state index in [1.54, 1.807) is 0 Å². The summed E-state index contributed by atoms with van der Waals surface area (Å²) in [5.74, 6) is -0.0696. The summed E-state index contributed by atoms with van der Waals surface area (Å²) < 4.78 is 4.59. The highest BCUT2D eigenvalue weighted by molar-refractivity contribution is 5.83. The maximum Gasteiger partial charge on any atom is 0.425 e. The fourth-order valence-electron chi connectivity index (χ4n) is 2.15. The molecular weight excluding hydrogens is 232 g/mol. The molecule has 1 fully saturated rings. The predicted molar refractivity (Wildman–Crippen MR) is 68.7 cm³/mol. The molecule has 0 unspecified atom stereocenters. The van der Waals surface area contributed by atoms with Crippen LogP contribution in [0.2, 0.25) is 0 Å². The second-order valence-electron chi connectivity index (χ2n) is 5.82. The number of amides is 2. The van der Waals surface area contributed by atoms with Gasteiger partial charge in [0.2, 0.25) is 5.91 Å². The molecule has 0 spiro atoms. The summed E-state index contributed by atoms with van der Waals surface area (Å²) >= 11 is 0. The molecule has 0 radical (unpaired) electrons. The van der Waals surface area contributed by atoms with Crippen molar-refractivity contribution in [3.05, 3.63) is 0 Å². The zero-order valence-electron chi connectivity index (χ0n) is 11.8. The van der Waals surface area contributed by atoms with Gasteiger partial charge in [0.15, 0.2) is 0 Å². The minimum absolute atomic E-state index is 0.0696. The molecule has 0 bridgehead atoms. The molecule has 0 aromatic rings. The van der Waals surface area contributed by atoms with Crippen LogP contribution < -0.4 is 5.43 Å². The second kappa shape index (κ2) is 6.07. The van der Waals surface area contributed by atoms with Crippen LogP contribution in [0.1, 0.15) is 52.9 Å². The van der Waals surface area contributed by atoms with Gasteiger partial charge < -0.3 is 4.74 Å². The number of nitrogens with zero attached hydrogens (tertiary/aromatic N) is 1. The molecule has 2 amide bonds. The molecule has 1 aliphatic rings. The van der Waals surface area contributed by atoms with Crippen LogP contribution in [0.5, 0.6) is 0 Å². The molecule has 0 aliphatic heterocycles. The molecule has 0 saturated heterocycles. The largest absolute Gasteiger partial charge is 0.452 e. The number of nitrogens with one attached hydrogen (secondary N) is 1. The van der Waals surface area contributed by atoms with Crippen LogP contribution >= 0.6 is 0 Å². The highest BCUT2D eigenvalue weighted by atomic mass is 16.5. The van der Waals surface area contributed by atoms with Gasteiger partial charge in [0, 0.05) is 5.41 Å². The van der Waals surface area contributed by atoms with Gasteiger partial charge in [-0.2, -0.15) is 0 Å². The first-order chi connectivity index (χ1) is 8.36. The average Bonchev–Trinajstić information content (AvgIpc) is 2.34. The Morgan fingerprint density at radius 1 is 1.17 bits per heavy atom. The third-order valence-electron chi connectivity index (χ3n) is 3.20. The van der Waals surface area contributed by atoms with E-state index in [1.165, 1.54) is 18.5 Å². The summed E-state index contributed by atoms with van der Waals surface area (Å²) in [6, 6.07) is 0.0876. The van der Waals surface area contributed by atoms with Crippen molar-refractivity contribution < 1.29 is 14.3 Å². The third kappa shape index (κ3) is 3.89. The van der Waals surface area contributed by atoms with Crippen LogP contribution in [-0.4, -0.2) is 30.2 Å². The first-order valence-corrected chi connectivity index (χ1v) is 6.54. The Morgan fingerprint density at radius 3 is 2.17 bits per heavy atom. The van der Waals surface area contributed by atoms with Crippen LogP contribution in [0.4, 0.5) is 4.79 Å². The van der Waals surface area contributed by atoms with Crippen molar-refractivity contribution in [3.63, 3.8) is 0 Å². The molecule has 5 nitrogen and oxygen atoms in total. The van der Waals surface area contributed by atoms with Gasteiger partial charge >= 0.3 is 6.09 Å². The van der Waals surface area contributed by atoms with Gasteiger partial charge in [-0.3, -0.25) is 4.79 Å². The summed E-state index contributed by atoms with van der Waals surface area (Å²) in [6.07, 6.45) is 4.69. The first kappa shape index (κ1) is 14.8. The lowest BCUT2D eigenvalue weighted by atomic mass is 9.91. The molecule has 1 aliphatic carbocycles. The van der Waals surface area contributed by atoms with E-state index in [4.69, 9.17) is 0 Å². The highest BCUT2D eigenvalue weighted by Gasteiger charge is 2.34. The van der Waals surface area contributed by atoms with Crippen molar-refractivity contribution in [2.75, 3.05) is 7.11 Å². The molecule has 0 heterocycles. The number of ether oxygens (including phenoxy) is 1. The number of hydrogen-bond acceptors (Lipinski definition) is 3. The zero-order valence-corrected chi connectivity index (χ0v) is 11.8. The molecule has 5 heteroatoms. The van der Waals surface area contributed by atoms with E-state index < -0.39 is 11.5 Å². The van der Waals surface area contributed by atoms with Crippen molar-refractivity contribution in [3.8, 4) is 0 Å². The number of carbonyl (C=O) groups is 2. The number of carbonyl (C=O) groups excluding carboxylic acids is 2. The predicted octanol–water partition coefficient (Wildman–Crippen LogP) is 2.46. The van der Waals surface area contributed by atoms with E-state index in [0.717, 1.165) is 25.7 Å². The Labute approximate surface area is 109 Å². The van der Waals surface area contributed by atoms with Crippen molar-refractivity contribution in [1.82, 2.24) is 10.4 Å². The SMILES string of the molecule is COC(=O)NN(C(=O)C(C)(C)C)C1CCCCC1. The molecule has 1 saturated carbocycles. The van der Waals surface area contributed by atoms with Gasteiger partial charge in [-0.25, -0.2) is 15.2 Å². The minimum Gasteiger partial charge on any atom is -0.452 e. The Bertz CT molecular complexity index is 304. The van der Waals surface area contributed by atoms with Gasteiger partial charge in [-0.15, -0.1) is 0 Å². The van der Waals surface area contributed by atoms with Crippen LogP contribution in [0.25, 0.3) is 0 Å². The van der Waals surface area contributed by atoms with Crippen LogP contribution in [-0.2, 0) is 9.53 Å². The summed E-state index contributed by atoms with van der Waals surface area (Å²) in [7, 11) is 1.30. The summed E-state index contributed by atoms with van der Waals surface area (Å²) in [6.45, 7) is 5.55. The molecule has 1 rings (SSSR count). The van der Waals surface area contributed by atoms with Crippen LogP contribution in [0, 0.1) is 5.41 Å². The topological polar surface area (TPSA) is 58.6 Å². The molecule has 0 aromatic heterocycles. The number of hydrazine groups is 1. The van der Waals surface area contributed by atoms with Gasteiger partial charge in [-0.1, -0.05) is 40.0 Å². The Morgan fingerprint density at radius 2 is 1.72 bits per heavy atom. The number of methoxy groups -OCH3 is 1. The molecule has 18 heavy (non-hydrogen) atoms.